The Labute approximate surface area is 302 Å². The summed E-state index contributed by atoms with van der Waals surface area (Å²) in [7, 11) is 0. The fourth-order valence-corrected chi connectivity index (χ4v) is 6.48. The Bertz CT molecular complexity index is 1140. The minimum Gasteiger partial charge on any atom is -0.463 e. The molecular formula is C36H50O16. The molecule has 0 aromatic carbocycles. The zero-order valence-electron chi connectivity index (χ0n) is 29.4. The highest BCUT2D eigenvalue weighted by Crippen LogP contribution is 2.35. The van der Waals surface area contributed by atoms with Gasteiger partial charge in [-0.3, -0.25) is 9.59 Å². The van der Waals surface area contributed by atoms with Gasteiger partial charge in [0, 0.05) is 12.2 Å². The standard InChI is InChI=1S/C36H50O16/c1-3-29(37)43-17-5-7-19-45-35(41)49-25-13-9-23(10-14-25)33(39)51-27-21-47-32-28(22-48-31(27)32)52-34(40)24-11-15-26(16-12-24)50-36(42)46-20-8-6-18-44-30(38)4-2/h3-4,23-28,31-32H,1-2,5-22H2/t23?,24?,25?,26?,27-,28?,31+,32+/m0/s1. The van der Waals surface area contributed by atoms with E-state index in [0.29, 0.717) is 77.0 Å². The van der Waals surface area contributed by atoms with Gasteiger partial charge in [0.15, 0.2) is 12.2 Å². The second-order valence-corrected chi connectivity index (χ2v) is 13.1. The molecule has 0 aromatic rings. The fourth-order valence-electron chi connectivity index (χ4n) is 6.48. The highest BCUT2D eigenvalue weighted by molar-refractivity contribution is 5.81. The first-order valence-corrected chi connectivity index (χ1v) is 18.1. The monoisotopic (exact) mass is 738 g/mol. The number of esters is 4. The molecule has 2 aliphatic carbocycles. The van der Waals surface area contributed by atoms with Crippen molar-refractivity contribution in [3.63, 3.8) is 0 Å². The Balaban J connectivity index is 1.05. The largest absolute Gasteiger partial charge is 0.508 e. The van der Waals surface area contributed by atoms with Gasteiger partial charge in [0.2, 0.25) is 0 Å². The SMILES string of the molecule is C=CC(=O)OCCCCOC(=O)OC1CCC(C(=O)OC2CO[C@@H]3[C@@H](OC(=O)C4CCC(OC(=O)OCCCCOC(=O)C=C)CC4)CO[C@H]23)CC1. The molecule has 4 aliphatic rings. The molecule has 16 heteroatoms. The van der Waals surface area contributed by atoms with Gasteiger partial charge in [0.25, 0.3) is 0 Å². The van der Waals surface area contributed by atoms with Gasteiger partial charge in [-0.05, 0) is 77.0 Å². The molecular weight excluding hydrogens is 688 g/mol. The van der Waals surface area contributed by atoms with E-state index in [1.807, 2.05) is 0 Å². The van der Waals surface area contributed by atoms with Crippen LogP contribution < -0.4 is 0 Å². The Kier molecular flexibility index (Phi) is 16.7. The van der Waals surface area contributed by atoms with E-state index in [-0.39, 0.29) is 75.6 Å². The molecule has 4 rings (SSSR count). The molecule has 4 atom stereocenters. The van der Waals surface area contributed by atoms with Gasteiger partial charge in [0.05, 0.1) is 51.5 Å². The summed E-state index contributed by atoms with van der Waals surface area (Å²) in [5, 5.41) is 0. The number of carbonyl (C=O) groups excluding carboxylic acids is 6. The molecule has 0 bridgehead atoms. The lowest BCUT2D eigenvalue weighted by molar-refractivity contribution is -0.162. The van der Waals surface area contributed by atoms with Crippen LogP contribution in [-0.2, 0) is 66.5 Å². The first-order valence-electron chi connectivity index (χ1n) is 18.1. The molecule has 1 unspecified atom stereocenters. The Morgan fingerprint density at radius 3 is 1.19 bits per heavy atom. The number of unbranched alkanes of at least 4 members (excludes halogenated alkanes) is 2. The van der Waals surface area contributed by atoms with Crippen LogP contribution in [-0.4, -0.2) is 112 Å². The van der Waals surface area contributed by atoms with Crippen molar-refractivity contribution in [2.45, 2.75) is 114 Å². The van der Waals surface area contributed by atoms with E-state index >= 15 is 0 Å². The predicted molar refractivity (Wildman–Crippen MR) is 176 cm³/mol. The highest BCUT2D eigenvalue weighted by Gasteiger charge is 2.52. The predicted octanol–water partition coefficient (Wildman–Crippen LogP) is 4.05. The summed E-state index contributed by atoms with van der Waals surface area (Å²) in [4.78, 5) is 72.1. The third-order valence-electron chi connectivity index (χ3n) is 9.38. The first-order chi connectivity index (χ1) is 25.2. The second-order valence-electron chi connectivity index (χ2n) is 13.1. The Morgan fingerprint density at radius 1 is 0.500 bits per heavy atom. The molecule has 0 amide bonds. The van der Waals surface area contributed by atoms with E-state index in [1.54, 1.807) is 0 Å². The summed E-state index contributed by atoms with van der Waals surface area (Å²) in [6.07, 6.45) is 3.53. The summed E-state index contributed by atoms with van der Waals surface area (Å²) in [6, 6.07) is 0. The van der Waals surface area contributed by atoms with Crippen molar-refractivity contribution in [2.75, 3.05) is 39.6 Å². The summed E-state index contributed by atoms with van der Waals surface area (Å²) in [5.74, 6) is -2.45. The molecule has 0 spiro atoms. The molecule has 2 heterocycles. The van der Waals surface area contributed by atoms with Crippen molar-refractivity contribution in [2.24, 2.45) is 11.8 Å². The van der Waals surface area contributed by atoms with E-state index in [4.69, 9.17) is 47.4 Å². The molecule has 2 saturated carbocycles. The molecule has 4 fully saturated rings. The second kappa shape index (κ2) is 21.4. The van der Waals surface area contributed by atoms with E-state index in [9.17, 15) is 28.8 Å². The van der Waals surface area contributed by atoms with Gasteiger partial charge in [-0.25, -0.2) is 19.2 Å². The van der Waals surface area contributed by atoms with E-state index in [1.165, 1.54) is 0 Å². The van der Waals surface area contributed by atoms with Crippen LogP contribution in [0.25, 0.3) is 0 Å². The summed E-state index contributed by atoms with van der Waals surface area (Å²) in [5.41, 5.74) is 0. The molecule has 0 N–H and O–H groups in total. The van der Waals surface area contributed by atoms with Crippen LogP contribution in [0, 0.1) is 11.8 Å². The van der Waals surface area contributed by atoms with E-state index in [0.717, 1.165) is 12.2 Å². The minimum absolute atomic E-state index is 0.122. The van der Waals surface area contributed by atoms with Crippen LogP contribution in [0.3, 0.4) is 0 Å². The van der Waals surface area contributed by atoms with Crippen molar-refractivity contribution in [1.29, 1.82) is 0 Å². The maximum atomic E-state index is 13.0. The fraction of sp³-hybridized carbons (Fsp3) is 0.722. The Morgan fingerprint density at radius 2 is 0.846 bits per heavy atom. The average molecular weight is 739 g/mol. The topological polar surface area (TPSA) is 195 Å². The lowest BCUT2D eigenvalue weighted by Gasteiger charge is -2.28. The average Bonchev–Trinajstić information content (AvgIpc) is 3.74. The summed E-state index contributed by atoms with van der Waals surface area (Å²) < 4.78 is 54.0. The molecule has 290 valence electrons. The van der Waals surface area contributed by atoms with Crippen LogP contribution in [0.1, 0.15) is 77.0 Å². The normalized spacial score (nSPS) is 27.9. The van der Waals surface area contributed by atoms with Crippen LogP contribution in [0.15, 0.2) is 25.3 Å². The zero-order valence-corrected chi connectivity index (χ0v) is 29.4. The third-order valence-corrected chi connectivity index (χ3v) is 9.38. The number of rotatable bonds is 18. The van der Waals surface area contributed by atoms with Gasteiger partial charge in [0.1, 0.15) is 24.4 Å². The summed E-state index contributed by atoms with van der Waals surface area (Å²) in [6.45, 7) is 7.57. The van der Waals surface area contributed by atoms with Crippen molar-refractivity contribution >= 4 is 36.2 Å². The molecule has 2 saturated heterocycles. The van der Waals surface area contributed by atoms with Gasteiger partial charge in [-0.1, -0.05) is 13.2 Å². The van der Waals surface area contributed by atoms with Crippen LogP contribution in [0.5, 0.6) is 0 Å². The molecule has 2 aliphatic heterocycles. The maximum Gasteiger partial charge on any atom is 0.508 e. The van der Waals surface area contributed by atoms with Gasteiger partial charge in [-0.2, -0.15) is 0 Å². The summed E-state index contributed by atoms with van der Waals surface area (Å²) >= 11 is 0. The van der Waals surface area contributed by atoms with Crippen LogP contribution >= 0.6 is 0 Å². The highest BCUT2D eigenvalue weighted by atomic mass is 16.7. The molecule has 52 heavy (non-hydrogen) atoms. The molecule has 0 aromatic heterocycles. The van der Waals surface area contributed by atoms with Gasteiger partial charge < -0.3 is 47.4 Å². The Hall–Kier alpha value is -4.18. The molecule has 0 radical (unpaired) electrons. The quantitative estimate of drug-likeness (QED) is 0.0845. The zero-order chi connectivity index (χ0) is 37.3. The maximum absolute atomic E-state index is 13.0. The lowest BCUT2D eigenvalue weighted by atomic mass is 9.87. The van der Waals surface area contributed by atoms with Crippen molar-refractivity contribution < 1.29 is 76.1 Å². The van der Waals surface area contributed by atoms with Gasteiger partial charge in [-0.15, -0.1) is 0 Å². The smallest absolute Gasteiger partial charge is 0.463 e. The third kappa shape index (κ3) is 13.1. The first kappa shape index (κ1) is 40.6. The van der Waals surface area contributed by atoms with E-state index in [2.05, 4.69) is 13.2 Å². The minimum atomic E-state index is -0.772. The van der Waals surface area contributed by atoms with Gasteiger partial charge >= 0.3 is 36.2 Å². The number of hydrogen-bond donors (Lipinski definition) is 0. The number of fused-ring (bicyclic) bond motifs is 1. The number of ether oxygens (including phenoxy) is 10. The lowest BCUT2D eigenvalue weighted by Crippen LogP contribution is -2.38. The number of hydrogen-bond acceptors (Lipinski definition) is 16. The van der Waals surface area contributed by atoms with Crippen molar-refractivity contribution in [3.05, 3.63) is 25.3 Å². The van der Waals surface area contributed by atoms with Crippen molar-refractivity contribution in [3.8, 4) is 0 Å². The van der Waals surface area contributed by atoms with Crippen LogP contribution in [0.2, 0.25) is 0 Å². The van der Waals surface area contributed by atoms with Crippen LogP contribution in [0.4, 0.5) is 9.59 Å². The number of carbonyl (C=O) groups is 6. The van der Waals surface area contributed by atoms with Crippen molar-refractivity contribution in [1.82, 2.24) is 0 Å². The van der Waals surface area contributed by atoms with E-state index < -0.39 is 48.7 Å². The molecule has 16 nitrogen and oxygen atoms in total.